The molecule has 1 aliphatic rings. The lowest BCUT2D eigenvalue weighted by atomic mass is 10.1. The van der Waals surface area contributed by atoms with E-state index in [1.165, 1.54) is 0 Å². The van der Waals surface area contributed by atoms with Crippen LogP contribution in [0.4, 0.5) is 5.69 Å². The first-order valence-corrected chi connectivity index (χ1v) is 9.67. The number of hydrogen-bond acceptors (Lipinski definition) is 4. The lowest BCUT2D eigenvalue weighted by molar-refractivity contribution is -0.148. The highest BCUT2D eigenvalue weighted by Gasteiger charge is 2.30. The van der Waals surface area contributed by atoms with Gasteiger partial charge in [0.1, 0.15) is 0 Å². The molecule has 0 bridgehead atoms. The molecule has 1 N–H and O–H groups in total. The van der Waals surface area contributed by atoms with E-state index in [0.29, 0.717) is 13.1 Å². The van der Waals surface area contributed by atoms with Crippen molar-refractivity contribution >= 4 is 33.4 Å². The highest BCUT2D eigenvalue weighted by molar-refractivity contribution is 9.10. The van der Waals surface area contributed by atoms with Gasteiger partial charge in [-0.05, 0) is 58.5 Å². The van der Waals surface area contributed by atoms with Crippen LogP contribution in [0.1, 0.15) is 26.3 Å². The molecule has 2 rings (SSSR count). The molecule has 6 nitrogen and oxygen atoms in total. The third-order valence-corrected chi connectivity index (χ3v) is 5.10. The fourth-order valence-corrected chi connectivity index (χ4v) is 3.61. The molecule has 0 radical (unpaired) electrons. The van der Waals surface area contributed by atoms with Crippen molar-refractivity contribution < 1.29 is 14.3 Å². The van der Waals surface area contributed by atoms with Crippen LogP contribution >= 0.6 is 15.9 Å². The minimum atomic E-state index is -0.371. The Morgan fingerprint density at radius 2 is 1.96 bits per heavy atom. The number of amides is 2. The van der Waals surface area contributed by atoms with E-state index in [1.54, 1.807) is 11.9 Å². The molecule has 1 heterocycles. The first-order valence-electron chi connectivity index (χ1n) is 8.88. The number of aryl methyl sites for hydroxylation is 1. The number of carbonyl (C=O) groups excluding carboxylic acids is 2. The summed E-state index contributed by atoms with van der Waals surface area (Å²) >= 11 is 3.41. The maximum absolute atomic E-state index is 12.8. The topological polar surface area (TPSA) is 61.9 Å². The molecule has 1 aromatic rings. The average Bonchev–Trinajstić information content (AvgIpc) is 2.55. The van der Waals surface area contributed by atoms with E-state index >= 15 is 0 Å². The second kappa shape index (κ2) is 8.97. The maximum atomic E-state index is 12.8. The van der Waals surface area contributed by atoms with Crippen LogP contribution in [-0.2, 0) is 14.3 Å². The zero-order valence-corrected chi connectivity index (χ0v) is 17.7. The van der Waals surface area contributed by atoms with Crippen molar-refractivity contribution in [3.63, 3.8) is 0 Å². The molecule has 0 aromatic heterocycles. The van der Waals surface area contributed by atoms with Gasteiger partial charge in [0.05, 0.1) is 24.8 Å². The summed E-state index contributed by atoms with van der Waals surface area (Å²) in [5, 5.41) is 2.91. The number of likely N-dealkylation sites (N-methyl/N-ethyl adjacent to an activating group) is 1. The number of benzene rings is 1. The lowest BCUT2D eigenvalue weighted by Crippen LogP contribution is -2.54. The van der Waals surface area contributed by atoms with Crippen molar-refractivity contribution in [3.8, 4) is 0 Å². The zero-order chi connectivity index (χ0) is 19.4. The van der Waals surface area contributed by atoms with E-state index in [0.717, 1.165) is 15.7 Å². The summed E-state index contributed by atoms with van der Waals surface area (Å²) in [4.78, 5) is 28.7. The average molecular weight is 426 g/mol. The molecule has 7 heteroatoms. The number of rotatable bonds is 5. The Hall–Kier alpha value is -1.44. The molecular formula is C19H28BrN3O3. The predicted molar refractivity (Wildman–Crippen MR) is 106 cm³/mol. The van der Waals surface area contributed by atoms with E-state index in [4.69, 9.17) is 4.74 Å². The molecule has 1 saturated heterocycles. The smallest absolute Gasteiger partial charge is 0.239 e. The van der Waals surface area contributed by atoms with Gasteiger partial charge >= 0.3 is 0 Å². The summed E-state index contributed by atoms with van der Waals surface area (Å²) in [6, 6.07) is 5.33. The van der Waals surface area contributed by atoms with Crippen LogP contribution < -0.4 is 5.32 Å². The summed E-state index contributed by atoms with van der Waals surface area (Å²) in [7, 11) is 1.80. The molecular weight excluding hydrogens is 398 g/mol. The van der Waals surface area contributed by atoms with Gasteiger partial charge in [0.25, 0.3) is 0 Å². The Morgan fingerprint density at radius 1 is 1.35 bits per heavy atom. The van der Waals surface area contributed by atoms with Crippen molar-refractivity contribution in [3.05, 3.63) is 28.2 Å². The number of morpholine rings is 1. The second-order valence-corrected chi connectivity index (χ2v) is 8.01. The Bertz CT molecular complexity index is 657. The van der Waals surface area contributed by atoms with Crippen molar-refractivity contribution in [1.82, 2.24) is 9.80 Å². The van der Waals surface area contributed by atoms with Gasteiger partial charge in [0.15, 0.2) is 0 Å². The molecule has 3 unspecified atom stereocenters. The summed E-state index contributed by atoms with van der Waals surface area (Å²) in [6.45, 7) is 9.05. The molecule has 0 aliphatic carbocycles. The largest absolute Gasteiger partial charge is 0.372 e. The summed E-state index contributed by atoms with van der Waals surface area (Å²) < 4.78 is 6.65. The van der Waals surface area contributed by atoms with E-state index in [-0.39, 0.29) is 36.6 Å². The van der Waals surface area contributed by atoms with Crippen LogP contribution in [0, 0.1) is 6.92 Å². The molecule has 1 aliphatic heterocycles. The Kier molecular flexibility index (Phi) is 7.20. The van der Waals surface area contributed by atoms with E-state index in [2.05, 4.69) is 21.2 Å². The Morgan fingerprint density at radius 3 is 2.54 bits per heavy atom. The van der Waals surface area contributed by atoms with Crippen molar-refractivity contribution in [2.45, 2.75) is 45.9 Å². The molecule has 0 saturated carbocycles. The third-order valence-electron chi connectivity index (χ3n) is 4.61. The van der Waals surface area contributed by atoms with E-state index in [1.807, 2.05) is 50.8 Å². The van der Waals surface area contributed by atoms with Crippen LogP contribution in [0.5, 0.6) is 0 Å². The Balaban J connectivity index is 1.92. The number of nitrogens with zero attached hydrogens (tertiary/aromatic N) is 2. The molecule has 1 aromatic carbocycles. The zero-order valence-electron chi connectivity index (χ0n) is 16.1. The summed E-state index contributed by atoms with van der Waals surface area (Å²) in [5.74, 6) is -0.108. The molecule has 2 amide bonds. The molecule has 26 heavy (non-hydrogen) atoms. The minimum Gasteiger partial charge on any atom is -0.372 e. The van der Waals surface area contributed by atoms with Crippen molar-refractivity contribution in [2.24, 2.45) is 0 Å². The highest BCUT2D eigenvalue weighted by Crippen LogP contribution is 2.20. The van der Waals surface area contributed by atoms with Crippen molar-refractivity contribution in [1.29, 1.82) is 0 Å². The maximum Gasteiger partial charge on any atom is 0.239 e. The quantitative estimate of drug-likeness (QED) is 0.787. The van der Waals surface area contributed by atoms with E-state index in [9.17, 15) is 9.59 Å². The number of anilines is 1. The first-order chi connectivity index (χ1) is 12.2. The van der Waals surface area contributed by atoms with Gasteiger partial charge in [-0.25, -0.2) is 0 Å². The number of hydrogen-bond donors (Lipinski definition) is 1. The third kappa shape index (κ3) is 5.53. The SMILES string of the molecule is Cc1cc(Br)ccc1NC(=O)CN(C)C(C)C(=O)N1CC(C)OC(C)C1. The molecule has 3 atom stereocenters. The minimum absolute atomic E-state index is 0.0297. The van der Waals surface area contributed by atoms with Gasteiger partial charge < -0.3 is 15.0 Å². The summed E-state index contributed by atoms with van der Waals surface area (Å²) in [5.41, 5.74) is 1.76. The van der Waals surface area contributed by atoms with Crippen LogP contribution in [0.25, 0.3) is 0 Å². The molecule has 0 spiro atoms. The van der Waals surface area contributed by atoms with Crippen LogP contribution in [0.3, 0.4) is 0 Å². The van der Waals surface area contributed by atoms with Crippen LogP contribution in [0.2, 0.25) is 0 Å². The molecule has 144 valence electrons. The van der Waals surface area contributed by atoms with E-state index < -0.39 is 0 Å². The van der Waals surface area contributed by atoms with Gasteiger partial charge in [0, 0.05) is 23.2 Å². The van der Waals surface area contributed by atoms with Crippen LogP contribution in [-0.4, -0.2) is 66.5 Å². The summed E-state index contributed by atoms with van der Waals surface area (Å²) in [6.07, 6.45) is 0.0627. The van der Waals surface area contributed by atoms with Gasteiger partial charge in [-0.3, -0.25) is 14.5 Å². The lowest BCUT2D eigenvalue weighted by Gasteiger charge is -2.38. The first kappa shape index (κ1) is 20.9. The fraction of sp³-hybridized carbons (Fsp3) is 0.579. The number of nitrogens with one attached hydrogen (secondary N) is 1. The number of ether oxygens (including phenoxy) is 1. The van der Waals surface area contributed by atoms with Gasteiger partial charge in [-0.15, -0.1) is 0 Å². The standard InChI is InChI=1S/C19H28BrN3O3/c1-12-8-16(20)6-7-17(12)21-18(24)11-22(5)15(4)19(25)23-9-13(2)26-14(3)10-23/h6-8,13-15H,9-11H2,1-5H3,(H,21,24). The Labute approximate surface area is 164 Å². The monoisotopic (exact) mass is 425 g/mol. The number of carbonyl (C=O) groups is 2. The predicted octanol–water partition coefficient (Wildman–Crippen LogP) is 2.65. The van der Waals surface area contributed by atoms with Gasteiger partial charge in [0.2, 0.25) is 11.8 Å². The highest BCUT2D eigenvalue weighted by atomic mass is 79.9. The second-order valence-electron chi connectivity index (χ2n) is 7.10. The fourth-order valence-electron chi connectivity index (χ4n) is 3.13. The van der Waals surface area contributed by atoms with Crippen molar-refractivity contribution in [2.75, 3.05) is 32.0 Å². The van der Waals surface area contributed by atoms with Gasteiger partial charge in [-0.2, -0.15) is 0 Å². The van der Waals surface area contributed by atoms with Gasteiger partial charge in [-0.1, -0.05) is 15.9 Å². The van der Waals surface area contributed by atoms with Crippen LogP contribution in [0.15, 0.2) is 22.7 Å². The number of halogens is 1. The normalized spacial score (nSPS) is 21.6. The molecule has 1 fully saturated rings.